The molecule has 0 N–H and O–H groups in total. The van der Waals surface area contributed by atoms with Crippen molar-refractivity contribution in [1.29, 1.82) is 0 Å². The summed E-state index contributed by atoms with van der Waals surface area (Å²) in [6.45, 7) is -0.181. The van der Waals surface area contributed by atoms with Crippen LogP contribution in [0.5, 0.6) is 0 Å². The van der Waals surface area contributed by atoms with Gasteiger partial charge in [0.05, 0.1) is 0 Å². The van der Waals surface area contributed by atoms with Crippen molar-refractivity contribution in [3.8, 4) is 0 Å². The molecule has 1 aromatic rings. The summed E-state index contributed by atoms with van der Waals surface area (Å²) in [6.07, 6.45) is 21.1. The summed E-state index contributed by atoms with van der Waals surface area (Å²) >= 11 is 0. The average Bonchev–Trinajstić information content (AvgIpc) is 3.07. The van der Waals surface area contributed by atoms with Crippen molar-refractivity contribution in [2.45, 2.75) is 76.3 Å². The molecule has 0 spiro atoms. The molecule has 5 heteroatoms. The zero-order chi connectivity index (χ0) is 14.9. The Bertz CT molecular complexity index is 375. The van der Waals surface area contributed by atoms with Gasteiger partial charge in [0.1, 0.15) is 24.5 Å². The molecule has 0 radical (unpaired) electrons. The van der Waals surface area contributed by atoms with Gasteiger partial charge in [-0.25, -0.2) is 9.13 Å². The van der Waals surface area contributed by atoms with E-state index in [9.17, 15) is 0 Å². The summed E-state index contributed by atoms with van der Waals surface area (Å²) < 4.78 is 4.96. The lowest BCUT2D eigenvalue weighted by atomic mass is 9.95. The molecule has 0 amide bonds. The lowest BCUT2D eigenvalue weighted by molar-refractivity contribution is -0.725. The summed E-state index contributed by atoms with van der Waals surface area (Å²) in [7, 11) is 0. The standard InChI is InChI=1S/C15H25N2.CH2O3/c1-3-7-14(8-4-1)16-11-12-17(13-16)15-9-5-2-6-10-15;2-1-4-3/h11-15H,1-10H2;1,3H/q+1;/p-1. The van der Waals surface area contributed by atoms with Crippen molar-refractivity contribution in [3.05, 3.63) is 18.7 Å². The Balaban J connectivity index is 0.000000361. The fraction of sp³-hybridized carbons (Fsp3) is 0.750. The Morgan fingerprint density at radius 1 is 1.05 bits per heavy atom. The summed E-state index contributed by atoms with van der Waals surface area (Å²) in [5, 5.41) is 8.43. The van der Waals surface area contributed by atoms with E-state index in [2.05, 4.69) is 32.7 Å². The quantitative estimate of drug-likeness (QED) is 0.372. The fourth-order valence-electron chi connectivity index (χ4n) is 3.58. The lowest BCUT2D eigenvalue weighted by Gasteiger charge is -2.20. The normalized spacial score (nSPS) is 20.4. The molecule has 2 saturated carbocycles. The molecule has 0 unspecified atom stereocenters. The third-order valence-electron chi connectivity index (χ3n) is 4.71. The number of hydrogen-bond acceptors (Lipinski definition) is 3. The maximum Gasteiger partial charge on any atom is 0.287 e. The van der Waals surface area contributed by atoms with Gasteiger partial charge in [0.15, 0.2) is 0 Å². The van der Waals surface area contributed by atoms with Crippen LogP contribution in [0.4, 0.5) is 0 Å². The zero-order valence-electron chi connectivity index (χ0n) is 12.7. The summed E-state index contributed by atoms with van der Waals surface area (Å²) in [4.78, 5) is 11.2. The summed E-state index contributed by atoms with van der Waals surface area (Å²) in [6, 6.07) is 1.57. The molecule has 5 nitrogen and oxygen atoms in total. The van der Waals surface area contributed by atoms with Crippen LogP contribution >= 0.6 is 0 Å². The van der Waals surface area contributed by atoms with Crippen LogP contribution in [-0.2, 0) is 9.68 Å². The molecule has 0 bridgehead atoms. The van der Waals surface area contributed by atoms with Gasteiger partial charge in [-0.3, -0.25) is 4.79 Å². The van der Waals surface area contributed by atoms with Crippen LogP contribution in [-0.4, -0.2) is 11.0 Å². The number of aromatic nitrogens is 2. The van der Waals surface area contributed by atoms with Gasteiger partial charge >= 0.3 is 0 Å². The third kappa shape index (κ3) is 4.84. The van der Waals surface area contributed by atoms with Crippen molar-refractivity contribution in [2.24, 2.45) is 0 Å². The highest BCUT2D eigenvalue weighted by Gasteiger charge is 2.23. The maximum atomic E-state index is 8.64. The SMILES string of the molecule is O=CO[O-].c1c[n+](C2CCCCC2)cn1C1CCCCC1. The average molecular weight is 294 g/mol. The predicted molar refractivity (Wildman–Crippen MR) is 76.0 cm³/mol. The second-order valence-corrected chi connectivity index (χ2v) is 6.08. The molecule has 2 aliphatic rings. The van der Waals surface area contributed by atoms with Crippen LogP contribution < -0.4 is 9.82 Å². The van der Waals surface area contributed by atoms with Gasteiger partial charge in [-0.05, 0) is 51.4 Å². The predicted octanol–water partition coefficient (Wildman–Crippen LogP) is 2.22. The molecule has 3 rings (SSSR count). The molecule has 118 valence electrons. The highest BCUT2D eigenvalue weighted by molar-refractivity contribution is 5.35. The minimum atomic E-state index is -0.181. The van der Waals surface area contributed by atoms with Gasteiger partial charge in [0.25, 0.3) is 6.47 Å². The molecule has 0 aliphatic heterocycles. The van der Waals surface area contributed by atoms with Crippen LogP contribution in [0.2, 0.25) is 0 Å². The van der Waals surface area contributed by atoms with E-state index in [1.807, 2.05) is 0 Å². The van der Waals surface area contributed by atoms with E-state index in [4.69, 9.17) is 10.1 Å². The molecule has 1 aromatic heterocycles. The van der Waals surface area contributed by atoms with E-state index >= 15 is 0 Å². The van der Waals surface area contributed by atoms with Gasteiger partial charge in [-0.2, -0.15) is 0 Å². The van der Waals surface area contributed by atoms with Crippen LogP contribution in [0.15, 0.2) is 18.7 Å². The first-order valence-electron chi connectivity index (χ1n) is 8.15. The van der Waals surface area contributed by atoms with Crippen molar-refractivity contribution in [2.75, 3.05) is 0 Å². The minimum absolute atomic E-state index is 0.181. The molecular weight excluding hydrogens is 268 g/mol. The molecule has 21 heavy (non-hydrogen) atoms. The first-order chi connectivity index (χ1) is 10.3. The molecule has 2 fully saturated rings. The number of carbonyl (C=O) groups excluding carboxylic acids is 1. The van der Waals surface area contributed by atoms with Crippen molar-refractivity contribution < 1.29 is 19.5 Å². The van der Waals surface area contributed by atoms with Gasteiger partial charge in [0, 0.05) is 0 Å². The Morgan fingerprint density at radius 3 is 2.19 bits per heavy atom. The Morgan fingerprint density at radius 2 is 1.62 bits per heavy atom. The molecule has 0 atom stereocenters. The minimum Gasteiger partial charge on any atom is -0.662 e. The van der Waals surface area contributed by atoms with E-state index in [0.29, 0.717) is 0 Å². The third-order valence-corrected chi connectivity index (χ3v) is 4.71. The van der Waals surface area contributed by atoms with Crippen LogP contribution in [0.3, 0.4) is 0 Å². The number of hydrogen-bond donors (Lipinski definition) is 0. The number of nitrogens with zero attached hydrogens (tertiary/aromatic N) is 2. The van der Waals surface area contributed by atoms with E-state index in [-0.39, 0.29) is 6.47 Å². The van der Waals surface area contributed by atoms with E-state index in [1.54, 1.807) is 0 Å². The van der Waals surface area contributed by atoms with Gasteiger partial charge < -0.3 is 10.1 Å². The molecule has 2 aliphatic carbocycles. The van der Waals surface area contributed by atoms with E-state index in [0.717, 1.165) is 12.1 Å². The topological polar surface area (TPSA) is 58.2 Å². The molecular formula is C16H26N2O3. The van der Waals surface area contributed by atoms with Gasteiger partial charge in [-0.15, -0.1) is 0 Å². The highest BCUT2D eigenvalue weighted by atomic mass is 17.1. The second kappa shape index (κ2) is 8.82. The van der Waals surface area contributed by atoms with Crippen LogP contribution in [0.1, 0.15) is 76.3 Å². The second-order valence-electron chi connectivity index (χ2n) is 6.08. The summed E-state index contributed by atoms with van der Waals surface area (Å²) in [5.41, 5.74) is 0. The Kier molecular flexibility index (Phi) is 6.73. The maximum absolute atomic E-state index is 8.64. The number of imidazole rings is 1. The smallest absolute Gasteiger partial charge is 0.287 e. The van der Waals surface area contributed by atoms with E-state index in [1.165, 1.54) is 64.2 Å². The fourth-order valence-corrected chi connectivity index (χ4v) is 3.58. The monoisotopic (exact) mass is 294 g/mol. The van der Waals surface area contributed by atoms with Crippen LogP contribution in [0, 0.1) is 0 Å². The largest absolute Gasteiger partial charge is 0.662 e. The van der Waals surface area contributed by atoms with Crippen LogP contribution in [0.25, 0.3) is 0 Å². The number of carbonyl (C=O) groups is 1. The Hall–Kier alpha value is -1.36. The highest BCUT2D eigenvalue weighted by Crippen LogP contribution is 2.28. The van der Waals surface area contributed by atoms with Crippen molar-refractivity contribution in [1.82, 2.24) is 4.57 Å². The molecule has 1 heterocycles. The zero-order valence-corrected chi connectivity index (χ0v) is 12.7. The first-order valence-corrected chi connectivity index (χ1v) is 8.15. The number of rotatable bonds is 3. The molecule has 0 saturated heterocycles. The lowest BCUT2D eigenvalue weighted by Crippen LogP contribution is -2.38. The van der Waals surface area contributed by atoms with Crippen molar-refractivity contribution >= 4 is 6.47 Å². The first kappa shape index (κ1) is 16.0. The van der Waals surface area contributed by atoms with Gasteiger partial charge in [0.2, 0.25) is 6.33 Å². The summed E-state index contributed by atoms with van der Waals surface area (Å²) in [5.74, 6) is 0. The molecule has 0 aromatic carbocycles. The van der Waals surface area contributed by atoms with Crippen molar-refractivity contribution in [3.63, 3.8) is 0 Å². The Labute approximate surface area is 126 Å². The van der Waals surface area contributed by atoms with E-state index < -0.39 is 0 Å². The van der Waals surface area contributed by atoms with Gasteiger partial charge in [-0.1, -0.05) is 12.8 Å².